The Morgan fingerprint density at radius 3 is 2.47 bits per heavy atom. The van der Waals surface area contributed by atoms with E-state index in [-0.39, 0.29) is 35.9 Å². The topological polar surface area (TPSA) is 89.6 Å². The van der Waals surface area contributed by atoms with Crippen molar-refractivity contribution in [1.29, 1.82) is 0 Å². The van der Waals surface area contributed by atoms with Gasteiger partial charge in [-0.25, -0.2) is 8.42 Å². The number of aromatic nitrogens is 1. The van der Waals surface area contributed by atoms with Crippen molar-refractivity contribution in [2.75, 3.05) is 6.54 Å². The Labute approximate surface area is 216 Å². The summed E-state index contributed by atoms with van der Waals surface area (Å²) in [7, 11) is -4.02. The van der Waals surface area contributed by atoms with Gasteiger partial charge in [0.1, 0.15) is 5.58 Å². The highest BCUT2D eigenvalue weighted by atomic mass is 32.2. The van der Waals surface area contributed by atoms with Gasteiger partial charge in [-0.15, -0.1) is 0 Å². The van der Waals surface area contributed by atoms with E-state index in [1.807, 2.05) is 0 Å². The van der Waals surface area contributed by atoms with Gasteiger partial charge in [0.25, 0.3) is 15.6 Å². The van der Waals surface area contributed by atoms with Gasteiger partial charge in [0.15, 0.2) is 5.78 Å². The van der Waals surface area contributed by atoms with Crippen molar-refractivity contribution >= 4 is 26.8 Å². The molecule has 0 radical (unpaired) electrons. The first-order valence-corrected chi connectivity index (χ1v) is 13.4. The summed E-state index contributed by atoms with van der Waals surface area (Å²) in [6.07, 6.45) is -1.82. The van der Waals surface area contributed by atoms with Gasteiger partial charge in [-0.05, 0) is 55.2 Å². The number of hydrogen-bond donors (Lipinski definition) is 0. The van der Waals surface area contributed by atoms with Crippen molar-refractivity contribution < 1.29 is 30.8 Å². The Morgan fingerprint density at radius 2 is 1.76 bits per heavy atom. The molecule has 0 saturated carbocycles. The highest BCUT2D eigenvalue weighted by Crippen LogP contribution is 2.31. The van der Waals surface area contributed by atoms with Crippen LogP contribution < -0.4 is 5.56 Å². The first kappa shape index (κ1) is 25.9. The predicted octanol–water partition coefficient (Wildman–Crippen LogP) is 4.96. The van der Waals surface area contributed by atoms with Crippen LogP contribution in [0.4, 0.5) is 13.2 Å². The fourth-order valence-electron chi connectivity index (χ4n) is 4.68. The molecule has 0 unspecified atom stereocenters. The van der Waals surface area contributed by atoms with Gasteiger partial charge in [0.2, 0.25) is 5.09 Å². The molecule has 11 heteroatoms. The SMILES string of the molecule is O=C(CCc1ccc(=O)n(-c2ccc(C(F)(F)F)cc2)c1)[C@@H]1CCCN1S(=O)(=O)c1cc2ccccc2o1. The smallest absolute Gasteiger partial charge is 0.416 e. The molecule has 2 aromatic heterocycles. The van der Waals surface area contributed by atoms with Gasteiger partial charge in [0, 0.05) is 42.4 Å². The quantitative estimate of drug-likeness (QED) is 0.328. The van der Waals surface area contributed by atoms with Gasteiger partial charge in [-0.3, -0.25) is 14.2 Å². The number of para-hydroxylation sites is 1. The molecule has 0 aliphatic carbocycles. The molecule has 2 aromatic carbocycles. The van der Waals surface area contributed by atoms with E-state index in [1.165, 1.54) is 39.3 Å². The number of pyridine rings is 1. The summed E-state index contributed by atoms with van der Waals surface area (Å²) in [5.41, 5.74) is 0.0578. The molecule has 4 aromatic rings. The lowest BCUT2D eigenvalue weighted by Crippen LogP contribution is -2.40. The lowest BCUT2D eigenvalue weighted by Gasteiger charge is -2.21. The molecular formula is C27H23F3N2O5S. The molecule has 1 atom stereocenters. The number of carbonyl (C=O) groups is 1. The third kappa shape index (κ3) is 5.03. The maximum absolute atomic E-state index is 13.3. The van der Waals surface area contributed by atoms with Crippen LogP contribution in [0, 0.1) is 0 Å². The predicted molar refractivity (Wildman–Crippen MR) is 133 cm³/mol. The minimum Gasteiger partial charge on any atom is -0.443 e. The molecule has 1 saturated heterocycles. The molecule has 0 N–H and O–H groups in total. The van der Waals surface area contributed by atoms with E-state index in [2.05, 4.69) is 0 Å². The maximum Gasteiger partial charge on any atom is 0.416 e. The fraction of sp³-hybridized carbons (Fsp3) is 0.259. The summed E-state index contributed by atoms with van der Waals surface area (Å²) in [4.78, 5) is 25.5. The summed E-state index contributed by atoms with van der Waals surface area (Å²) in [5, 5.41) is 0.443. The minimum atomic E-state index is -4.49. The lowest BCUT2D eigenvalue weighted by molar-refractivity contribution is -0.137. The zero-order valence-corrected chi connectivity index (χ0v) is 20.8. The van der Waals surface area contributed by atoms with E-state index >= 15 is 0 Å². The van der Waals surface area contributed by atoms with Crippen LogP contribution in [0.3, 0.4) is 0 Å². The van der Waals surface area contributed by atoms with Gasteiger partial charge in [-0.2, -0.15) is 17.5 Å². The molecule has 0 amide bonds. The molecule has 5 rings (SSSR count). The monoisotopic (exact) mass is 544 g/mol. The second-order valence-corrected chi connectivity index (χ2v) is 11.0. The Kier molecular flexibility index (Phi) is 6.74. The van der Waals surface area contributed by atoms with Crippen LogP contribution in [-0.4, -0.2) is 35.7 Å². The number of benzene rings is 2. The number of hydrogen-bond acceptors (Lipinski definition) is 5. The summed E-state index contributed by atoms with van der Waals surface area (Å²) in [6.45, 7) is 0.203. The van der Waals surface area contributed by atoms with Crippen LogP contribution >= 0.6 is 0 Å². The Bertz CT molecular complexity index is 1620. The Hall–Kier alpha value is -3.70. The van der Waals surface area contributed by atoms with Gasteiger partial charge < -0.3 is 4.42 Å². The second kappa shape index (κ2) is 9.88. The van der Waals surface area contributed by atoms with Crippen LogP contribution in [-0.2, 0) is 27.4 Å². The van der Waals surface area contributed by atoms with Gasteiger partial charge in [0.05, 0.1) is 11.6 Å². The number of sulfonamides is 1. The van der Waals surface area contributed by atoms with Crippen LogP contribution in [0.2, 0.25) is 0 Å². The molecule has 3 heterocycles. The average molecular weight is 545 g/mol. The number of carbonyl (C=O) groups excluding carboxylic acids is 1. The summed E-state index contributed by atoms with van der Waals surface area (Å²) < 4.78 is 73.2. The van der Waals surface area contributed by atoms with Crippen molar-refractivity contribution in [1.82, 2.24) is 8.87 Å². The van der Waals surface area contributed by atoms with Crippen LogP contribution in [0.1, 0.15) is 30.4 Å². The number of ketones is 1. The minimum absolute atomic E-state index is 0.0298. The highest BCUT2D eigenvalue weighted by Gasteiger charge is 2.40. The van der Waals surface area contributed by atoms with E-state index in [4.69, 9.17) is 4.42 Å². The van der Waals surface area contributed by atoms with Crippen LogP contribution in [0.25, 0.3) is 16.7 Å². The molecule has 0 spiro atoms. The van der Waals surface area contributed by atoms with Crippen molar-refractivity contribution in [3.05, 3.63) is 94.4 Å². The number of Topliss-reactive ketones (excluding diaryl/α,β-unsaturated/α-hetero) is 1. The van der Waals surface area contributed by atoms with Crippen molar-refractivity contribution in [3.8, 4) is 5.69 Å². The number of aryl methyl sites for hydroxylation is 1. The number of nitrogens with zero attached hydrogens (tertiary/aromatic N) is 2. The number of halogens is 3. The number of fused-ring (bicyclic) bond motifs is 1. The molecule has 1 aliphatic heterocycles. The third-order valence-corrected chi connectivity index (χ3v) is 8.41. The summed E-state index contributed by atoms with van der Waals surface area (Å²) >= 11 is 0. The lowest BCUT2D eigenvalue weighted by atomic mass is 10.0. The van der Waals surface area contributed by atoms with Crippen molar-refractivity contribution in [2.45, 2.75) is 43.0 Å². The Balaban J connectivity index is 1.31. The van der Waals surface area contributed by atoms with E-state index < -0.39 is 33.4 Å². The summed E-state index contributed by atoms with van der Waals surface area (Å²) in [5.74, 6) is -0.255. The van der Waals surface area contributed by atoms with E-state index in [0.29, 0.717) is 29.4 Å². The molecule has 198 valence electrons. The number of furan rings is 1. The summed E-state index contributed by atoms with van der Waals surface area (Å²) in [6, 6.07) is 14.6. The Morgan fingerprint density at radius 1 is 1.03 bits per heavy atom. The standard InChI is InChI=1S/C27H23F3N2O5S/c28-27(29,30)20-9-11-21(12-10-20)31-17-18(8-14-25(31)34)7-13-23(33)22-5-3-15-32(22)38(35,36)26-16-19-4-1-2-6-24(19)37-26/h1-2,4,6,8-12,14,16-17,22H,3,5,7,13,15H2/t22-/m0/s1. The van der Waals surface area contributed by atoms with Crippen molar-refractivity contribution in [2.24, 2.45) is 0 Å². The van der Waals surface area contributed by atoms with E-state index in [1.54, 1.807) is 30.3 Å². The average Bonchev–Trinajstić information content (AvgIpc) is 3.56. The molecule has 0 bridgehead atoms. The first-order valence-electron chi connectivity index (χ1n) is 12.0. The van der Waals surface area contributed by atoms with E-state index in [9.17, 15) is 31.2 Å². The van der Waals surface area contributed by atoms with Gasteiger partial charge >= 0.3 is 6.18 Å². The molecule has 1 aliphatic rings. The zero-order valence-electron chi connectivity index (χ0n) is 20.0. The molecule has 38 heavy (non-hydrogen) atoms. The van der Waals surface area contributed by atoms with Crippen molar-refractivity contribution in [3.63, 3.8) is 0 Å². The molecule has 1 fully saturated rings. The number of rotatable bonds is 7. The number of alkyl halides is 3. The van der Waals surface area contributed by atoms with Crippen LogP contribution in [0.5, 0.6) is 0 Å². The molecular weight excluding hydrogens is 521 g/mol. The second-order valence-electron chi connectivity index (χ2n) is 9.13. The first-order chi connectivity index (χ1) is 18.0. The fourth-order valence-corrected chi connectivity index (χ4v) is 6.31. The highest BCUT2D eigenvalue weighted by molar-refractivity contribution is 7.89. The normalized spacial score (nSPS) is 16.8. The zero-order chi connectivity index (χ0) is 27.1. The maximum atomic E-state index is 13.3. The van der Waals surface area contributed by atoms with E-state index in [0.717, 1.165) is 12.1 Å². The van der Waals surface area contributed by atoms with Crippen LogP contribution in [0.15, 0.2) is 87.2 Å². The third-order valence-electron chi connectivity index (χ3n) is 6.65. The van der Waals surface area contributed by atoms with Gasteiger partial charge in [-0.1, -0.05) is 24.3 Å². The molecule has 7 nitrogen and oxygen atoms in total. The largest absolute Gasteiger partial charge is 0.443 e.